The van der Waals surface area contributed by atoms with Gasteiger partial charge in [-0.05, 0) is 155 Å². The maximum Gasteiger partial charge on any atom is 0.357 e. The second kappa shape index (κ2) is 20.2. The van der Waals surface area contributed by atoms with E-state index in [9.17, 15) is 9.90 Å². The summed E-state index contributed by atoms with van der Waals surface area (Å²) in [5, 5.41) is 15.1. The van der Waals surface area contributed by atoms with E-state index in [1.54, 1.807) is 27.2 Å². The minimum atomic E-state index is -1.07. The third-order valence-electron chi connectivity index (χ3n) is 16.5. The summed E-state index contributed by atoms with van der Waals surface area (Å²) in [6, 6.07) is 58.9. The number of aromatic carboxylic acids is 1. The zero-order valence-corrected chi connectivity index (χ0v) is 45.2. The molecule has 2 aliphatic rings. The lowest BCUT2D eigenvalue weighted by atomic mass is 9.70. The molecular weight excluding hydrogens is 957 g/mol. The first-order chi connectivity index (χ1) is 36.8. The number of benzene rings is 6. The van der Waals surface area contributed by atoms with Gasteiger partial charge in [-0.1, -0.05) is 164 Å². The van der Waals surface area contributed by atoms with Gasteiger partial charge in [-0.3, -0.25) is 0 Å². The SMILES string of the molecule is CCCCC1(CCCC)c2ccccc2-c2ccc(N(c3ccc(-c4ccc(-c5ccc(C=c6c(C(=O)O)nn7c6nc6ccccc67)s5)s4)cc3)c3ccc4c(c3)C(CCCC)(CCCC)c3ccccc3-4)cc21. The van der Waals surface area contributed by atoms with Gasteiger partial charge >= 0.3 is 5.97 Å². The summed E-state index contributed by atoms with van der Waals surface area (Å²) in [5.74, 6) is -1.07. The van der Waals surface area contributed by atoms with Gasteiger partial charge in [0.25, 0.3) is 0 Å². The number of hydrogen-bond donors (Lipinski definition) is 1. The molecule has 0 aliphatic heterocycles. The van der Waals surface area contributed by atoms with Crippen molar-refractivity contribution < 1.29 is 9.90 Å². The van der Waals surface area contributed by atoms with Crippen molar-refractivity contribution >= 4 is 68.5 Å². The summed E-state index contributed by atoms with van der Waals surface area (Å²) in [6.45, 7) is 9.34. The minimum Gasteiger partial charge on any atom is -0.476 e. The molecule has 4 heterocycles. The van der Waals surface area contributed by atoms with Gasteiger partial charge in [-0.25, -0.2) is 14.3 Å². The van der Waals surface area contributed by atoms with E-state index in [1.807, 2.05) is 30.3 Å². The van der Waals surface area contributed by atoms with Crippen molar-refractivity contribution in [2.45, 2.75) is 116 Å². The number of hydrogen-bond acceptors (Lipinski definition) is 6. The molecule has 2 aliphatic carbocycles. The van der Waals surface area contributed by atoms with Crippen LogP contribution in [0, 0.1) is 0 Å². The summed E-state index contributed by atoms with van der Waals surface area (Å²) in [4.78, 5) is 24.1. The number of unbranched alkanes of at least 4 members (excludes halogenated alkanes) is 4. The Balaban J connectivity index is 0.942. The number of para-hydroxylation sites is 2. The number of carbonyl (C=O) groups is 1. The van der Waals surface area contributed by atoms with Gasteiger partial charge in [0, 0.05) is 47.4 Å². The number of carboxylic acids is 1. The lowest BCUT2D eigenvalue weighted by Crippen LogP contribution is -2.26. The fraction of sp³-hybridized carbons (Fsp3) is 0.269. The summed E-state index contributed by atoms with van der Waals surface area (Å²) in [7, 11) is 0. The molecular formula is C67H64N4O2S2. The van der Waals surface area contributed by atoms with Crippen molar-refractivity contribution in [3.8, 4) is 42.4 Å². The Labute approximate surface area is 449 Å². The molecule has 376 valence electrons. The van der Waals surface area contributed by atoms with Crippen LogP contribution in [0.1, 0.15) is 142 Å². The number of thiophene rings is 2. The molecule has 0 spiro atoms. The van der Waals surface area contributed by atoms with Crippen LogP contribution in [-0.2, 0) is 10.8 Å². The number of nitrogens with zero attached hydrogens (tertiary/aromatic N) is 4. The fourth-order valence-electron chi connectivity index (χ4n) is 12.8. The Kier molecular flexibility index (Phi) is 13.1. The largest absolute Gasteiger partial charge is 0.476 e. The third-order valence-corrected chi connectivity index (χ3v) is 18.8. The van der Waals surface area contributed by atoms with Gasteiger partial charge < -0.3 is 10.0 Å². The molecule has 0 saturated heterocycles. The predicted molar refractivity (Wildman–Crippen MR) is 315 cm³/mol. The average Bonchev–Trinajstić information content (AvgIpc) is 4.34. The second-order valence-corrected chi connectivity index (χ2v) is 23.1. The van der Waals surface area contributed by atoms with Crippen molar-refractivity contribution in [1.29, 1.82) is 0 Å². The van der Waals surface area contributed by atoms with E-state index in [4.69, 9.17) is 4.98 Å². The van der Waals surface area contributed by atoms with Crippen LogP contribution in [0.25, 0.3) is 65.2 Å². The maximum atomic E-state index is 12.4. The monoisotopic (exact) mass is 1020 g/mol. The smallest absolute Gasteiger partial charge is 0.357 e. The molecule has 10 aromatic rings. The topological polar surface area (TPSA) is 70.7 Å². The van der Waals surface area contributed by atoms with Crippen molar-refractivity contribution in [2.75, 3.05) is 4.90 Å². The Morgan fingerprint density at radius 3 is 1.61 bits per heavy atom. The normalized spacial score (nSPS) is 14.1. The first-order valence-corrected chi connectivity index (χ1v) is 29.0. The van der Waals surface area contributed by atoms with Crippen molar-refractivity contribution in [2.24, 2.45) is 0 Å². The standard InChI is InChI=1S/C67H64N4O2S2/c1-5-9-37-66(38-10-6-2)54-21-15-13-19-49(54)51-32-29-46(41-56(51)66)70(47-30-33-52-50-20-14-16-22-55(50)67(39-11-7-3,40-12-8-4)57(52)42-47)45-27-25-44(26-28-45)60-35-36-62(75-60)61-34-31-48(74-61)43-53-63(65(72)73)69-71-59-24-18-17-23-58(59)68-64(53)71/h13-36,41-43H,5-12,37-40H2,1-4H3,(H,72,73). The first kappa shape index (κ1) is 48.8. The molecule has 0 atom stereocenters. The molecule has 6 aromatic carbocycles. The number of imidazole rings is 1. The molecule has 0 bridgehead atoms. The second-order valence-electron chi connectivity index (χ2n) is 20.9. The van der Waals surface area contributed by atoms with Crippen LogP contribution >= 0.6 is 22.7 Å². The molecule has 8 heteroatoms. The van der Waals surface area contributed by atoms with Gasteiger partial charge in [-0.15, -0.1) is 22.7 Å². The summed E-state index contributed by atoms with van der Waals surface area (Å²) >= 11 is 3.43. The predicted octanol–water partition coefficient (Wildman–Crippen LogP) is 18.3. The molecule has 0 unspecified atom stereocenters. The number of rotatable bonds is 19. The number of aromatic nitrogens is 3. The van der Waals surface area contributed by atoms with Crippen LogP contribution in [0.5, 0.6) is 0 Å². The molecule has 0 amide bonds. The molecule has 0 fully saturated rings. The van der Waals surface area contributed by atoms with Crippen molar-refractivity contribution in [3.63, 3.8) is 0 Å². The Bertz CT molecular complexity index is 3670. The van der Waals surface area contributed by atoms with Gasteiger partial charge in [0.05, 0.1) is 16.3 Å². The van der Waals surface area contributed by atoms with Crippen LogP contribution in [0.3, 0.4) is 0 Å². The van der Waals surface area contributed by atoms with Crippen molar-refractivity contribution in [3.05, 3.63) is 196 Å². The lowest BCUT2D eigenvalue weighted by Gasteiger charge is -2.35. The quantitative estimate of drug-likeness (QED) is 0.0874. The Hall–Kier alpha value is -7.13. The first-order valence-electron chi connectivity index (χ1n) is 27.4. The van der Waals surface area contributed by atoms with E-state index >= 15 is 0 Å². The fourth-order valence-corrected chi connectivity index (χ4v) is 14.9. The van der Waals surface area contributed by atoms with Gasteiger partial charge in [0.15, 0.2) is 11.3 Å². The highest BCUT2D eigenvalue weighted by Crippen LogP contribution is 2.58. The van der Waals surface area contributed by atoms with E-state index in [0.717, 1.165) is 52.2 Å². The van der Waals surface area contributed by atoms with E-state index in [1.165, 1.54) is 123 Å². The van der Waals surface area contributed by atoms with Gasteiger partial charge in [0.1, 0.15) is 0 Å². The highest BCUT2D eigenvalue weighted by molar-refractivity contribution is 7.24. The molecule has 75 heavy (non-hydrogen) atoms. The Morgan fingerprint density at radius 2 is 1.04 bits per heavy atom. The Morgan fingerprint density at radius 1 is 0.547 bits per heavy atom. The number of carboxylic acid groups (broad SMARTS) is 1. The molecule has 0 saturated carbocycles. The zero-order chi connectivity index (χ0) is 51.3. The summed E-state index contributed by atoms with van der Waals surface area (Å²) in [6.07, 6.45) is 16.0. The zero-order valence-electron chi connectivity index (χ0n) is 43.5. The van der Waals surface area contributed by atoms with Gasteiger partial charge in [0.2, 0.25) is 0 Å². The molecule has 0 radical (unpaired) electrons. The molecule has 4 aromatic heterocycles. The lowest BCUT2D eigenvalue weighted by molar-refractivity contribution is 0.0689. The molecule has 1 N–H and O–H groups in total. The molecule has 12 rings (SSSR count). The van der Waals surface area contributed by atoms with Crippen LogP contribution in [-0.4, -0.2) is 25.7 Å². The highest BCUT2D eigenvalue weighted by atomic mass is 32.1. The minimum absolute atomic E-state index is 0.00114. The average molecular weight is 1020 g/mol. The van der Waals surface area contributed by atoms with Crippen LogP contribution in [0.4, 0.5) is 17.1 Å². The van der Waals surface area contributed by atoms with E-state index in [-0.39, 0.29) is 16.5 Å². The number of anilines is 3. The molecule has 6 nitrogen and oxygen atoms in total. The number of fused-ring (bicyclic) bond motifs is 9. The maximum absolute atomic E-state index is 12.4. The van der Waals surface area contributed by atoms with Crippen molar-refractivity contribution in [1.82, 2.24) is 14.6 Å². The van der Waals surface area contributed by atoms with E-state index < -0.39 is 5.97 Å². The van der Waals surface area contributed by atoms with Crippen LogP contribution < -0.4 is 10.1 Å². The van der Waals surface area contributed by atoms with Crippen LogP contribution in [0.2, 0.25) is 0 Å². The van der Waals surface area contributed by atoms with E-state index in [0.29, 0.717) is 10.9 Å². The summed E-state index contributed by atoms with van der Waals surface area (Å²) in [5.41, 5.74) is 18.3. The van der Waals surface area contributed by atoms with Crippen LogP contribution in [0.15, 0.2) is 158 Å². The van der Waals surface area contributed by atoms with E-state index in [2.05, 4.69) is 171 Å². The summed E-state index contributed by atoms with van der Waals surface area (Å²) < 4.78 is 1.64. The third kappa shape index (κ3) is 8.32. The highest BCUT2D eigenvalue weighted by Gasteiger charge is 2.44. The van der Waals surface area contributed by atoms with Gasteiger partial charge in [-0.2, -0.15) is 5.10 Å².